The van der Waals surface area contributed by atoms with Crippen molar-refractivity contribution in [2.45, 2.75) is 38.3 Å². The second-order valence-electron chi connectivity index (χ2n) is 6.89. The van der Waals surface area contributed by atoms with Gasteiger partial charge in [0, 0.05) is 18.2 Å². The molecule has 2 aromatic heterocycles. The van der Waals surface area contributed by atoms with Gasteiger partial charge in [-0.2, -0.15) is 0 Å². The molecule has 1 aliphatic rings. The number of amides is 1. The van der Waals surface area contributed by atoms with Crippen molar-refractivity contribution >= 4 is 28.6 Å². The predicted molar refractivity (Wildman–Crippen MR) is 103 cm³/mol. The molecule has 0 unspecified atom stereocenters. The lowest BCUT2D eigenvalue weighted by Crippen LogP contribution is -2.28. The number of aromatic nitrogens is 3. The van der Waals surface area contributed by atoms with Crippen LogP contribution in [0.25, 0.3) is 11.0 Å². The third-order valence-corrected chi connectivity index (χ3v) is 5.03. The first-order valence-corrected chi connectivity index (χ1v) is 9.14. The molecule has 9 heteroatoms. The molecule has 1 fully saturated rings. The third-order valence-electron chi connectivity index (χ3n) is 5.03. The lowest BCUT2D eigenvalue weighted by molar-refractivity contribution is -0.385. The first-order valence-electron chi connectivity index (χ1n) is 9.14. The van der Waals surface area contributed by atoms with E-state index in [4.69, 9.17) is 0 Å². The van der Waals surface area contributed by atoms with Gasteiger partial charge in [0.1, 0.15) is 6.54 Å². The van der Waals surface area contributed by atoms with Gasteiger partial charge in [-0.3, -0.25) is 29.6 Å². The SMILES string of the molecule is O=C(Cn1cc([N+](=O)[O-])ccc1=O)Nc1nc2ccccc2n1C1CCCC1. The summed E-state index contributed by atoms with van der Waals surface area (Å²) in [6, 6.07) is 10.2. The van der Waals surface area contributed by atoms with Crippen LogP contribution in [0.2, 0.25) is 0 Å². The monoisotopic (exact) mass is 381 g/mol. The Labute approximate surface area is 159 Å². The summed E-state index contributed by atoms with van der Waals surface area (Å²) in [6.07, 6.45) is 5.38. The minimum absolute atomic E-state index is 0.245. The molecule has 2 heterocycles. The van der Waals surface area contributed by atoms with Crippen LogP contribution in [0.3, 0.4) is 0 Å². The summed E-state index contributed by atoms with van der Waals surface area (Å²) in [5, 5.41) is 13.7. The zero-order valence-corrected chi connectivity index (χ0v) is 15.1. The van der Waals surface area contributed by atoms with Crippen LogP contribution in [0.15, 0.2) is 47.4 Å². The largest absolute Gasteiger partial charge is 0.307 e. The van der Waals surface area contributed by atoms with Crippen LogP contribution in [0.1, 0.15) is 31.7 Å². The number of anilines is 1. The number of nitrogens with zero attached hydrogens (tertiary/aromatic N) is 4. The minimum atomic E-state index is -0.604. The highest BCUT2D eigenvalue weighted by Crippen LogP contribution is 2.35. The topological polar surface area (TPSA) is 112 Å². The number of benzene rings is 1. The average molecular weight is 381 g/mol. The molecule has 1 amide bonds. The molecule has 0 radical (unpaired) electrons. The van der Waals surface area contributed by atoms with Crippen LogP contribution in [0, 0.1) is 10.1 Å². The lowest BCUT2D eigenvalue weighted by atomic mass is 10.2. The van der Waals surface area contributed by atoms with Gasteiger partial charge in [0.05, 0.1) is 22.2 Å². The summed E-state index contributed by atoms with van der Waals surface area (Å²) in [7, 11) is 0. The lowest BCUT2D eigenvalue weighted by Gasteiger charge is -2.16. The number of pyridine rings is 1. The van der Waals surface area contributed by atoms with Crippen LogP contribution < -0.4 is 10.9 Å². The number of nitro groups is 1. The van der Waals surface area contributed by atoms with E-state index in [-0.39, 0.29) is 18.3 Å². The number of hydrogen-bond donors (Lipinski definition) is 1. The highest BCUT2D eigenvalue weighted by molar-refractivity contribution is 5.91. The molecule has 0 spiro atoms. The number of fused-ring (bicyclic) bond motifs is 1. The summed E-state index contributed by atoms with van der Waals surface area (Å²) in [5.74, 6) is -0.0197. The molecular formula is C19H19N5O4. The molecular weight excluding hydrogens is 362 g/mol. The number of nitrogens with one attached hydrogen (secondary N) is 1. The molecule has 0 atom stereocenters. The molecule has 144 valence electrons. The molecule has 9 nitrogen and oxygen atoms in total. The first-order chi connectivity index (χ1) is 13.5. The standard InChI is InChI=1S/C19H19N5O4/c25-17(12-22-11-14(24(27)28)9-10-18(22)26)21-19-20-15-7-3-4-8-16(15)23(19)13-5-1-2-6-13/h3-4,7-11,13H,1-2,5-6,12H2,(H,20,21,25). The average Bonchev–Trinajstić information content (AvgIpc) is 3.30. The molecule has 1 aromatic carbocycles. The predicted octanol–water partition coefficient (Wildman–Crippen LogP) is 2.86. The van der Waals surface area contributed by atoms with Gasteiger partial charge < -0.3 is 4.57 Å². The van der Waals surface area contributed by atoms with Gasteiger partial charge in [0.2, 0.25) is 11.9 Å². The molecule has 0 aliphatic heterocycles. The van der Waals surface area contributed by atoms with Gasteiger partial charge in [-0.05, 0) is 25.0 Å². The second kappa shape index (κ2) is 7.26. The highest BCUT2D eigenvalue weighted by Gasteiger charge is 2.23. The summed E-state index contributed by atoms with van der Waals surface area (Å²) in [5.41, 5.74) is 1.02. The Bertz CT molecular complexity index is 1110. The number of rotatable bonds is 5. The third kappa shape index (κ3) is 3.38. The van der Waals surface area contributed by atoms with Gasteiger partial charge >= 0.3 is 0 Å². The van der Waals surface area contributed by atoms with Gasteiger partial charge in [-0.1, -0.05) is 25.0 Å². The molecule has 1 saturated carbocycles. The van der Waals surface area contributed by atoms with Crippen molar-refractivity contribution in [2.75, 3.05) is 5.32 Å². The Morgan fingerprint density at radius 3 is 2.71 bits per heavy atom. The van der Waals surface area contributed by atoms with Crippen LogP contribution in [0.5, 0.6) is 0 Å². The number of hydrogen-bond acceptors (Lipinski definition) is 5. The quantitative estimate of drug-likeness (QED) is 0.539. The smallest absolute Gasteiger partial charge is 0.285 e. The Hall–Kier alpha value is -3.49. The van der Waals surface area contributed by atoms with Crippen molar-refractivity contribution in [3.8, 4) is 0 Å². The fourth-order valence-electron chi connectivity index (χ4n) is 3.73. The van der Waals surface area contributed by atoms with E-state index in [1.807, 2.05) is 24.3 Å². The van der Waals surface area contributed by atoms with E-state index in [0.29, 0.717) is 5.95 Å². The van der Waals surface area contributed by atoms with Crippen molar-refractivity contribution in [1.29, 1.82) is 0 Å². The van der Waals surface area contributed by atoms with Crippen LogP contribution in [-0.4, -0.2) is 24.9 Å². The number of para-hydroxylation sites is 2. The second-order valence-corrected chi connectivity index (χ2v) is 6.89. The van der Waals surface area contributed by atoms with Crippen LogP contribution in [0.4, 0.5) is 11.6 Å². The fraction of sp³-hybridized carbons (Fsp3) is 0.316. The molecule has 3 aromatic rings. The van der Waals surface area contributed by atoms with Crippen molar-refractivity contribution in [2.24, 2.45) is 0 Å². The van der Waals surface area contributed by atoms with Gasteiger partial charge in [-0.15, -0.1) is 0 Å². The zero-order valence-electron chi connectivity index (χ0n) is 15.1. The fourth-order valence-corrected chi connectivity index (χ4v) is 3.73. The summed E-state index contributed by atoms with van der Waals surface area (Å²) in [6.45, 7) is -0.325. The van der Waals surface area contributed by atoms with Crippen molar-refractivity contribution < 1.29 is 9.72 Å². The Morgan fingerprint density at radius 2 is 1.96 bits per heavy atom. The highest BCUT2D eigenvalue weighted by atomic mass is 16.6. The normalized spacial score (nSPS) is 14.4. The van der Waals surface area contributed by atoms with E-state index in [1.54, 1.807) is 0 Å². The first kappa shape index (κ1) is 17.9. The number of carbonyl (C=O) groups is 1. The molecule has 28 heavy (non-hydrogen) atoms. The number of imidazole rings is 1. The molecule has 1 N–H and O–H groups in total. The van der Waals surface area contributed by atoms with Crippen molar-refractivity contribution in [3.63, 3.8) is 0 Å². The van der Waals surface area contributed by atoms with E-state index in [2.05, 4.69) is 14.9 Å². The molecule has 4 rings (SSSR count). The molecule has 0 bridgehead atoms. The maximum Gasteiger partial charge on any atom is 0.285 e. The summed E-state index contributed by atoms with van der Waals surface area (Å²) >= 11 is 0. The van der Waals surface area contributed by atoms with Crippen LogP contribution in [-0.2, 0) is 11.3 Å². The zero-order chi connectivity index (χ0) is 19.7. The maximum absolute atomic E-state index is 12.6. The van der Waals surface area contributed by atoms with Crippen molar-refractivity contribution in [1.82, 2.24) is 14.1 Å². The maximum atomic E-state index is 12.6. The molecule has 0 saturated heterocycles. The Balaban J connectivity index is 1.62. The number of carbonyl (C=O) groups excluding carboxylic acids is 1. The van der Waals surface area contributed by atoms with Gasteiger partial charge in [0.15, 0.2) is 0 Å². The summed E-state index contributed by atoms with van der Waals surface area (Å²) < 4.78 is 3.08. The van der Waals surface area contributed by atoms with Gasteiger partial charge in [0.25, 0.3) is 11.2 Å². The summed E-state index contributed by atoms with van der Waals surface area (Å²) in [4.78, 5) is 39.4. The van der Waals surface area contributed by atoms with E-state index < -0.39 is 16.4 Å². The van der Waals surface area contributed by atoms with E-state index in [9.17, 15) is 19.7 Å². The molecule has 1 aliphatic carbocycles. The van der Waals surface area contributed by atoms with Crippen molar-refractivity contribution in [3.05, 3.63) is 63.1 Å². The van der Waals surface area contributed by atoms with Crippen LogP contribution >= 0.6 is 0 Å². The minimum Gasteiger partial charge on any atom is -0.307 e. The van der Waals surface area contributed by atoms with E-state index in [0.717, 1.165) is 59.6 Å². The van der Waals surface area contributed by atoms with Gasteiger partial charge in [-0.25, -0.2) is 4.98 Å². The van der Waals surface area contributed by atoms with E-state index in [1.165, 1.54) is 0 Å². The Morgan fingerprint density at radius 1 is 1.21 bits per heavy atom. The van der Waals surface area contributed by atoms with E-state index >= 15 is 0 Å². The Kier molecular flexibility index (Phi) is 4.64.